The minimum atomic E-state index is -0.892. The third kappa shape index (κ3) is 6.10. The molecule has 0 fully saturated rings. The first-order valence-corrected chi connectivity index (χ1v) is 10.9. The molecule has 0 aliphatic heterocycles. The van der Waals surface area contributed by atoms with Crippen LogP contribution in [0.5, 0.6) is 5.75 Å². The van der Waals surface area contributed by atoms with Crippen molar-refractivity contribution in [2.24, 2.45) is 0 Å². The van der Waals surface area contributed by atoms with Gasteiger partial charge in [-0.2, -0.15) is 0 Å². The summed E-state index contributed by atoms with van der Waals surface area (Å²) in [5, 5.41) is 1.79. The maximum atomic E-state index is 14.2. The van der Waals surface area contributed by atoms with E-state index in [4.69, 9.17) is 4.74 Å². The number of hydrogen-bond donors (Lipinski definition) is 0. The minimum absolute atomic E-state index is 0.106. The van der Waals surface area contributed by atoms with Crippen LogP contribution in [0.1, 0.15) is 23.0 Å². The summed E-state index contributed by atoms with van der Waals surface area (Å²) >= 11 is 1.08. The Hall–Kier alpha value is -3.92. The van der Waals surface area contributed by atoms with E-state index in [2.05, 4.69) is 4.98 Å². The highest BCUT2D eigenvalue weighted by molar-refractivity contribution is 7.14. The van der Waals surface area contributed by atoms with E-state index in [1.165, 1.54) is 24.0 Å². The number of nitrogens with zero attached hydrogens (tertiary/aromatic N) is 3. The summed E-state index contributed by atoms with van der Waals surface area (Å²) in [5.41, 5.74) is 0.672. The number of amides is 2. The number of ether oxygens (including phenoxy) is 1. The number of benzene rings is 2. The molecule has 2 aromatic carbocycles. The predicted molar refractivity (Wildman–Crippen MR) is 125 cm³/mol. The SMILES string of the molecule is CC(=O)N(c1nc(/C=C/C(=O)c2ccc(OCC(=O)N(C)C)cc2)cs1)c1ccc(F)cc1F. The maximum Gasteiger partial charge on any atom is 0.259 e. The van der Waals surface area contributed by atoms with Crippen molar-refractivity contribution in [2.75, 3.05) is 25.6 Å². The van der Waals surface area contributed by atoms with Gasteiger partial charge < -0.3 is 9.64 Å². The summed E-state index contributed by atoms with van der Waals surface area (Å²) in [6.45, 7) is 1.14. The van der Waals surface area contributed by atoms with Crippen molar-refractivity contribution in [3.05, 3.63) is 76.8 Å². The predicted octanol–water partition coefficient (Wildman–Crippen LogP) is 4.47. The molecule has 0 radical (unpaired) electrons. The molecule has 0 unspecified atom stereocenters. The van der Waals surface area contributed by atoms with Gasteiger partial charge >= 0.3 is 0 Å². The van der Waals surface area contributed by atoms with E-state index in [9.17, 15) is 23.2 Å². The van der Waals surface area contributed by atoms with Crippen molar-refractivity contribution < 1.29 is 27.9 Å². The first-order valence-electron chi connectivity index (χ1n) is 10.0. The van der Waals surface area contributed by atoms with Crippen molar-refractivity contribution in [3.63, 3.8) is 0 Å². The van der Waals surface area contributed by atoms with Crippen LogP contribution in [0.2, 0.25) is 0 Å². The molecule has 0 atom stereocenters. The number of rotatable bonds is 8. The number of thiazole rings is 1. The molecule has 1 aromatic heterocycles. The number of ketones is 1. The molecule has 176 valence electrons. The molecule has 7 nitrogen and oxygen atoms in total. The quantitative estimate of drug-likeness (QED) is 0.348. The lowest BCUT2D eigenvalue weighted by Crippen LogP contribution is -2.27. The fraction of sp³-hybridized carbons (Fsp3) is 0.167. The molecule has 0 N–H and O–H groups in total. The van der Waals surface area contributed by atoms with Crippen LogP contribution >= 0.6 is 11.3 Å². The van der Waals surface area contributed by atoms with E-state index in [1.54, 1.807) is 43.7 Å². The van der Waals surface area contributed by atoms with Gasteiger partial charge in [0, 0.05) is 38.0 Å². The molecule has 0 aliphatic rings. The lowest BCUT2D eigenvalue weighted by atomic mass is 10.1. The van der Waals surface area contributed by atoms with Crippen LogP contribution in [0, 0.1) is 11.6 Å². The van der Waals surface area contributed by atoms with E-state index >= 15 is 0 Å². The number of aromatic nitrogens is 1. The highest BCUT2D eigenvalue weighted by Gasteiger charge is 2.21. The van der Waals surface area contributed by atoms with Gasteiger partial charge in [0.2, 0.25) is 5.91 Å². The highest BCUT2D eigenvalue weighted by atomic mass is 32.1. The van der Waals surface area contributed by atoms with Crippen LogP contribution in [-0.4, -0.2) is 48.2 Å². The summed E-state index contributed by atoms with van der Waals surface area (Å²) < 4.78 is 32.8. The molecule has 34 heavy (non-hydrogen) atoms. The molecule has 0 saturated heterocycles. The first kappa shape index (κ1) is 24.7. The molecule has 10 heteroatoms. The van der Waals surface area contributed by atoms with Gasteiger partial charge in [-0.1, -0.05) is 0 Å². The zero-order chi connectivity index (χ0) is 24.8. The third-order valence-corrected chi connectivity index (χ3v) is 5.42. The van der Waals surface area contributed by atoms with E-state index < -0.39 is 17.5 Å². The molecule has 0 spiro atoms. The zero-order valence-corrected chi connectivity index (χ0v) is 19.4. The molecule has 0 bridgehead atoms. The monoisotopic (exact) mass is 485 g/mol. The van der Waals surface area contributed by atoms with Crippen LogP contribution in [0.15, 0.2) is 53.9 Å². The van der Waals surface area contributed by atoms with Crippen molar-refractivity contribution in [2.45, 2.75) is 6.92 Å². The Labute approximate surface area is 198 Å². The Morgan fingerprint density at radius 2 is 1.79 bits per heavy atom. The standard InChI is InChI=1S/C24H21F2N3O4S/c1-15(30)29(21-10-6-17(25)12-20(21)26)24-27-18(14-34-24)7-11-22(31)16-4-8-19(9-5-16)33-13-23(32)28(2)3/h4-12,14H,13H2,1-3H3/b11-7+. The number of carbonyl (C=O) groups is 3. The van der Waals surface area contributed by atoms with Gasteiger partial charge in [-0.25, -0.2) is 13.8 Å². The summed E-state index contributed by atoms with van der Waals surface area (Å²) in [5.74, 6) is -2.17. The molecular formula is C24H21F2N3O4S. The average molecular weight is 486 g/mol. The van der Waals surface area contributed by atoms with Gasteiger partial charge in [0.15, 0.2) is 17.5 Å². The summed E-state index contributed by atoms with van der Waals surface area (Å²) in [4.78, 5) is 42.9. The smallest absolute Gasteiger partial charge is 0.259 e. The average Bonchev–Trinajstić information content (AvgIpc) is 3.26. The van der Waals surface area contributed by atoms with Crippen LogP contribution in [0.25, 0.3) is 6.08 Å². The summed E-state index contributed by atoms with van der Waals surface area (Å²) in [6, 6.07) is 9.23. The Morgan fingerprint density at radius 3 is 2.41 bits per heavy atom. The van der Waals surface area contributed by atoms with E-state index in [-0.39, 0.29) is 29.1 Å². The van der Waals surface area contributed by atoms with Crippen LogP contribution in [0.4, 0.5) is 19.6 Å². The molecule has 3 rings (SSSR count). The third-order valence-electron chi connectivity index (χ3n) is 4.57. The Kier molecular flexibility index (Phi) is 7.85. The van der Waals surface area contributed by atoms with Crippen molar-refractivity contribution in [3.8, 4) is 5.75 Å². The van der Waals surface area contributed by atoms with Gasteiger partial charge in [-0.05, 0) is 48.6 Å². The Balaban J connectivity index is 1.69. The van der Waals surface area contributed by atoms with E-state index in [0.717, 1.165) is 28.4 Å². The Bertz CT molecular complexity index is 1240. The first-order chi connectivity index (χ1) is 16.2. The highest BCUT2D eigenvalue weighted by Crippen LogP contribution is 2.31. The van der Waals surface area contributed by atoms with E-state index in [0.29, 0.717) is 23.1 Å². The zero-order valence-electron chi connectivity index (χ0n) is 18.6. The second kappa shape index (κ2) is 10.8. The van der Waals surface area contributed by atoms with Crippen LogP contribution in [0.3, 0.4) is 0 Å². The fourth-order valence-electron chi connectivity index (χ4n) is 2.77. The molecule has 0 aliphatic carbocycles. The van der Waals surface area contributed by atoms with Gasteiger partial charge in [0.05, 0.1) is 11.4 Å². The van der Waals surface area contributed by atoms with Crippen molar-refractivity contribution in [1.29, 1.82) is 0 Å². The van der Waals surface area contributed by atoms with Gasteiger partial charge in [0.1, 0.15) is 17.4 Å². The fourth-order valence-corrected chi connectivity index (χ4v) is 3.62. The number of allylic oxidation sites excluding steroid dienone is 1. The van der Waals surface area contributed by atoms with Crippen LogP contribution in [-0.2, 0) is 9.59 Å². The van der Waals surface area contributed by atoms with Crippen molar-refractivity contribution >= 4 is 45.8 Å². The molecule has 2 amide bonds. The number of halogens is 2. The minimum Gasteiger partial charge on any atom is -0.484 e. The second-order valence-corrected chi connectivity index (χ2v) is 8.14. The molecule has 0 saturated carbocycles. The van der Waals surface area contributed by atoms with Gasteiger partial charge in [0.25, 0.3) is 5.91 Å². The number of anilines is 2. The topological polar surface area (TPSA) is 79.8 Å². The number of hydrogen-bond acceptors (Lipinski definition) is 6. The van der Waals surface area contributed by atoms with E-state index in [1.807, 2.05) is 0 Å². The number of likely N-dealkylation sites (N-methyl/N-ethyl adjacent to an activating group) is 1. The van der Waals surface area contributed by atoms with Crippen molar-refractivity contribution in [1.82, 2.24) is 9.88 Å². The summed E-state index contributed by atoms with van der Waals surface area (Å²) in [7, 11) is 3.26. The molecule has 3 aromatic rings. The van der Waals surface area contributed by atoms with Gasteiger partial charge in [-0.3, -0.25) is 19.3 Å². The lowest BCUT2D eigenvalue weighted by Gasteiger charge is -2.18. The molecule has 1 heterocycles. The normalized spacial score (nSPS) is 10.9. The largest absolute Gasteiger partial charge is 0.484 e. The summed E-state index contributed by atoms with van der Waals surface area (Å²) in [6.07, 6.45) is 2.79. The van der Waals surface area contributed by atoms with Crippen LogP contribution < -0.4 is 9.64 Å². The second-order valence-electron chi connectivity index (χ2n) is 7.30. The van der Waals surface area contributed by atoms with Gasteiger partial charge in [-0.15, -0.1) is 11.3 Å². The molecular weight excluding hydrogens is 464 g/mol. The number of carbonyl (C=O) groups excluding carboxylic acids is 3. The Morgan fingerprint density at radius 1 is 1.09 bits per heavy atom. The lowest BCUT2D eigenvalue weighted by molar-refractivity contribution is -0.130. The maximum absolute atomic E-state index is 14.2.